The van der Waals surface area contributed by atoms with Gasteiger partial charge in [-0.05, 0) is 18.2 Å². The standard InChI is InChI=1S/C8H10N2O3/c1-13-5-2-3-7(11)6(4-5)8(12)10-9/h2-4,11H,9H2,1H3,(H,10,12). The minimum atomic E-state index is -0.559. The number of amides is 1. The Balaban J connectivity index is 3.11. The second-order valence-corrected chi connectivity index (χ2v) is 2.36. The van der Waals surface area contributed by atoms with E-state index < -0.39 is 5.91 Å². The van der Waals surface area contributed by atoms with Crippen LogP contribution < -0.4 is 16.0 Å². The summed E-state index contributed by atoms with van der Waals surface area (Å²) >= 11 is 0. The first kappa shape index (κ1) is 9.34. The zero-order chi connectivity index (χ0) is 9.84. The number of carbonyl (C=O) groups excluding carboxylic acids is 1. The van der Waals surface area contributed by atoms with Gasteiger partial charge < -0.3 is 9.84 Å². The molecular formula is C8H10N2O3. The molecule has 13 heavy (non-hydrogen) atoms. The quantitative estimate of drug-likeness (QED) is 0.341. The molecule has 0 aliphatic heterocycles. The van der Waals surface area contributed by atoms with E-state index in [0.717, 1.165) is 0 Å². The Labute approximate surface area is 75.1 Å². The molecule has 0 bridgehead atoms. The summed E-state index contributed by atoms with van der Waals surface area (Å²) in [5, 5.41) is 9.26. The highest BCUT2D eigenvalue weighted by Gasteiger charge is 2.10. The van der Waals surface area contributed by atoms with Crippen molar-refractivity contribution in [1.29, 1.82) is 0 Å². The maximum absolute atomic E-state index is 11.1. The topological polar surface area (TPSA) is 84.6 Å². The number of aromatic hydroxyl groups is 1. The summed E-state index contributed by atoms with van der Waals surface area (Å²) in [5.41, 5.74) is 2.00. The van der Waals surface area contributed by atoms with E-state index in [-0.39, 0.29) is 11.3 Å². The highest BCUT2D eigenvalue weighted by Crippen LogP contribution is 2.22. The number of hydrazine groups is 1. The van der Waals surface area contributed by atoms with Crippen LogP contribution in [-0.2, 0) is 0 Å². The van der Waals surface area contributed by atoms with Gasteiger partial charge in [0, 0.05) is 0 Å². The van der Waals surface area contributed by atoms with Gasteiger partial charge in [-0.2, -0.15) is 0 Å². The smallest absolute Gasteiger partial charge is 0.269 e. The molecule has 0 saturated heterocycles. The minimum Gasteiger partial charge on any atom is -0.507 e. The van der Waals surface area contributed by atoms with Crippen LogP contribution in [0.5, 0.6) is 11.5 Å². The van der Waals surface area contributed by atoms with Crippen LogP contribution in [0.4, 0.5) is 0 Å². The number of ether oxygens (including phenoxy) is 1. The highest BCUT2D eigenvalue weighted by atomic mass is 16.5. The molecule has 1 aromatic rings. The van der Waals surface area contributed by atoms with Gasteiger partial charge in [0.15, 0.2) is 0 Å². The number of carbonyl (C=O) groups is 1. The van der Waals surface area contributed by atoms with Crippen LogP contribution >= 0.6 is 0 Å². The molecule has 70 valence electrons. The van der Waals surface area contributed by atoms with Crippen LogP contribution in [0.15, 0.2) is 18.2 Å². The molecule has 4 N–H and O–H groups in total. The van der Waals surface area contributed by atoms with Gasteiger partial charge in [0.2, 0.25) is 0 Å². The Morgan fingerprint density at radius 2 is 2.31 bits per heavy atom. The average Bonchev–Trinajstić information content (AvgIpc) is 2.17. The number of hydrogen-bond donors (Lipinski definition) is 3. The number of rotatable bonds is 2. The van der Waals surface area contributed by atoms with Gasteiger partial charge in [-0.3, -0.25) is 10.2 Å². The van der Waals surface area contributed by atoms with Crippen molar-refractivity contribution in [1.82, 2.24) is 5.43 Å². The SMILES string of the molecule is COc1ccc(O)c(C(=O)NN)c1. The minimum absolute atomic E-state index is 0.0850. The van der Waals surface area contributed by atoms with Crippen LogP contribution in [0.2, 0.25) is 0 Å². The number of nitrogen functional groups attached to an aromatic ring is 1. The fourth-order valence-electron chi connectivity index (χ4n) is 0.902. The van der Waals surface area contributed by atoms with Gasteiger partial charge in [-0.15, -0.1) is 0 Å². The lowest BCUT2D eigenvalue weighted by Gasteiger charge is -2.05. The maximum atomic E-state index is 11.1. The van der Waals surface area contributed by atoms with E-state index in [4.69, 9.17) is 10.6 Å². The third-order valence-corrected chi connectivity index (χ3v) is 1.58. The molecule has 5 heteroatoms. The number of benzene rings is 1. The van der Waals surface area contributed by atoms with E-state index in [2.05, 4.69) is 0 Å². The van der Waals surface area contributed by atoms with Crippen LogP contribution in [0.25, 0.3) is 0 Å². The zero-order valence-corrected chi connectivity index (χ0v) is 7.07. The third-order valence-electron chi connectivity index (χ3n) is 1.58. The number of methoxy groups -OCH3 is 1. The normalized spacial score (nSPS) is 9.38. The van der Waals surface area contributed by atoms with Gasteiger partial charge >= 0.3 is 0 Å². The summed E-state index contributed by atoms with van der Waals surface area (Å²) in [7, 11) is 1.47. The molecule has 0 spiro atoms. The van der Waals surface area contributed by atoms with Gasteiger partial charge in [0.05, 0.1) is 12.7 Å². The van der Waals surface area contributed by atoms with Crippen LogP contribution in [0.1, 0.15) is 10.4 Å². The lowest BCUT2D eigenvalue weighted by molar-refractivity contribution is 0.0950. The summed E-state index contributed by atoms with van der Waals surface area (Å²) in [5.74, 6) is 4.70. The molecule has 0 aliphatic carbocycles. The summed E-state index contributed by atoms with van der Waals surface area (Å²) in [4.78, 5) is 11.1. The Morgan fingerprint density at radius 1 is 1.62 bits per heavy atom. The van der Waals surface area contributed by atoms with Crippen LogP contribution in [-0.4, -0.2) is 18.1 Å². The molecule has 0 fully saturated rings. The van der Waals surface area contributed by atoms with E-state index in [1.807, 2.05) is 5.43 Å². The second-order valence-electron chi connectivity index (χ2n) is 2.36. The van der Waals surface area contributed by atoms with Gasteiger partial charge in [-0.1, -0.05) is 0 Å². The summed E-state index contributed by atoms with van der Waals surface area (Å²) in [6.45, 7) is 0. The predicted molar refractivity (Wildman–Crippen MR) is 46.3 cm³/mol. The van der Waals surface area contributed by atoms with E-state index >= 15 is 0 Å². The average molecular weight is 182 g/mol. The molecule has 0 radical (unpaired) electrons. The predicted octanol–water partition coefficient (Wildman–Crippen LogP) is 0.00430. The molecular weight excluding hydrogens is 172 g/mol. The first-order valence-electron chi connectivity index (χ1n) is 3.57. The molecule has 0 aromatic heterocycles. The van der Waals surface area contributed by atoms with Crippen molar-refractivity contribution in [2.75, 3.05) is 7.11 Å². The Kier molecular flexibility index (Phi) is 2.71. The van der Waals surface area contributed by atoms with Crippen LogP contribution in [0, 0.1) is 0 Å². The monoisotopic (exact) mass is 182 g/mol. The van der Waals surface area contributed by atoms with Crippen molar-refractivity contribution in [3.05, 3.63) is 23.8 Å². The fourth-order valence-corrected chi connectivity index (χ4v) is 0.902. The van der Waals surface area contributed by atoms with Gasteiger partial charge in [-0.25, -0.2) is 5.84 Å². The molecule has 0 atom stereocenters. The van der Waals surface area contributed by atoms with Crippen molar-refractivity contribution < 1.29 is 14.6 Å². The Hall–Kier alpha value is -1.75. The zero-order valence-electron chi connectivity index (χ0n) is 7.07. The Bertz CT molecular complexity index is 325. The molecule has 1 amide bonds. The first-order chi connectivity index (χ1) is 6.19. The lowest BCUT2D eigenvalue weighted by Crippen LogP contribution is -2.30. The number of phenols is 1. The molecule has 0 heterocycles. The van der Waals surface area contributed by atoms with Gasteiger partial charge in [0.25, 0.3) is 5.91 Å². The van der Waals surface area contributed by atoms with E-state index in [9.17, 15) is 9.90 Å². The molecule has 1 rings (SSSR count). The largest absolute Gasteiger partial charge is 0.507 e. The molecule has 0 unspecified atom stereocenters. The maximum Gasteiger partial charge on any atom is 0.269 e. The third kappa shape index (κ3) is 1.88. The summed E-state index contributed by atoms with van der Waals surface area (Å²) < 4.78 is 4.87. The molecule has 0 aliphatic rings. The van der Waals surface area contributed by atoms with Crippen molar-refractivity contribution >= 4 is 5.91 Å². The van der Waals surface area contributed by atoms with Crippen molar-refractivity contribution in [3.63, 3.8) is 0 Å². The number of nitrogens with one attached hydrogen (secondary N) is 1. The Morgan fingerprint density at radius 3 is 2.85 bits per heavy atom. The first-order valence-corrected chi connectivity index (χ1v) is 3.57. The van der Waals surface area contributed by atoms with E-state index in [0.29, 0.717) is 5.75 Å². The van der Waals surface area contributed by atoms with Crippen molar-refractivity contribution in [2.45, 2.75) is 0 Å². The highest BCUT2D eigenvalue weighted by molar-refractivity contribution is 5.96. The molecule has 0 saturated carbocycles. The van der Waals surface area contributed by atoms with Crippen LogP contribution in [0.3, 0.4) is 0 Å². The van der Waals surface area contributed by atoms with Crippen molar-refractivity contribution in [2.24, 2.45) is 5.84 Å². The second kappa shape index (κ2) is 3.77. The van der Waals surface area contributed by atoms with Gasteiger partial charge in [0.1, 0.15) is 11.5 Å². The van der Waals surface area contributed by atoms with Crippen molar-refractivity contribution in [3.8, 4) is 11.5 Å². The van der Waals surface area contributed by atoms with E-state index in [1.165, 1.54) is 19.2 Å². The fraction of sp³-hybridized carbons (Fsp3) is 0.125. The number of phenolic OH excluding ortho intramolecular Hbond substituents is 1. The summed E-state index contributed by atoms with van der Waals surface area (Å²) in [6, 6.07) is 4.31. The molecule has 5 nitrogen and oxygen atoms in total. The number of hydrogen-bond acceptors (Lipinski definition) is 4. The molecule has 1 aromatic carbocycles. The number of nitrogens with two attached hydrogens (primary N) is 1. The summed E-state index contributed by atoms with van der Waals surface area (Å²) in [6.07, 6.45) is 0. The van der Waals surface area contributed by atoms with E-state index in [1.54, 1.807) is 6.07 Å². The lowest BCUT2D eigenvalue weighted by atomic mass is 10.2.